The largest absolute Gasteiger partial charge is 0.516 e. The van der Waals surface area contributed by atoms with Crippen molar-refractivity contribution in [3.05, 3.63) is 12.7 Å². The first kappa shape index (κ1) is 11.4. The van der Waals surface area contributed by atoms with Crippen molar-refractivity contribution >= 4 is 14.3 Å². The standard InChI is InChI=1S/C9H18O2Si/c1-7-8(10)11-12(5,6)9(2,3)4/h7H,1H2,2-6H3. The lowest BCUT2D eigenvalue weighted by Crippen LogP contribution is -2.42. The first-order valence-electron chi connectivity index (χ1n) is 4.06. The first-order valence-corrected chi connectivity index (χ1v) is 6.97. The van der Waals surface area contributed by atoms with Gasteiger partial charge in [0.15, 0.2) is 0 Å². The summed E-state index contributed by atoms with van der Waals surface area (Å²) in [6.45, 7) is 13.7. The third kappa shape index (κ3) is 2.81. The van der Waals surface area contributed by atoms with Crippen molar-refractivity contribution in [2.75, 3.05) is 0 Å². The zero-order valence-corrected chi connectivity index (χ0v) is 9.60. The van der Waals surface area contributed by atoms with Gasteiger partial charge < -0.3 is 4.43 Å². The number of carbonyl (C=O) groups excluding carboxylic acids is 1. The van der Waals surface area contributed by atoms with Gasteiger partial charge in [-0.1, -0.05) is 27.4 Å². The Morgan fingerprint density at radius 3 is 2.08 bits per heavy atom. The highest BCUT2D eigenvalue weighted by molar-refractivity contribution is 6.75. The summed E-state index contributed by atoms with van der Waals surface area (Å²) in [6.07, 6.45) is 1.22. The van der Waals surface area contributed by atoms with Crippen LogP contribution in [0, 0.1) is 0 Å². The van der Waals surface area contributed by atoms with E-state index in [4.69, 9.17) is 4.43 Å². The van der Waals surface area contributed by atoms with E-state index in [1.807, 2.05) is 13.1 Å². The van der Waals surface area contributed by atoms with Crippen molar-refractivity contribution in [1.82, 2.24) is 0 Å². The van der Waals surface area contributed by atoms with Crippen molar-refractivity contribution in [2.24, 2.45) is 0 Å². The van der Waals surface area contributed by atoms with E-state index in [9.17, 15) is 4.79 Å². The molecule has 2 nitrogen and oxygen atoms in total. The molecule has 0 heterocycles. The Morgan fingerprint density at radius 2 is 1.83 bits per heavy atom. The molecule has 0 aliphatic heterocycles. The lowest BCUT2D eigenvalue weighted by atomic mass is 10.2. The minimum atomic E-state index is -1.91. The molecule has 0 unspecified atom stereocenters. The molecule has 0 bridgehead atoms. The van der Waals surface area contributed by atoms with Crippen molar-refractivity contribution in [2.45, 2.75) is 38.9 Å². The molecule has 0 aromatic carbocycles. The summed E-state index contributed by atoms with van der Waals surface area (Å²) < 4.78 is 5.33. The molecule has 0 amide bonds. The predicted octanol–water partition coefficient (Wildman–Crippen LogP) is 2.72. The summed E-state index contributed by atoms with van der Waals surface area (Å²) in [6, 6.07) is 0. The van der Waals surface area contributed by atoms with Crippen molar-refractivity contribution < 1.29 is 9.22 Å². The minimum Gasteiger partial charge on any atom is -0.516 e. The third-order valence-electron chi connectivity index (χ3n) is 2.33. The SMILES string of the molecule is C=CC(=O)O[Si](C)(C)C(C)(C)C. The molecule has 0 aliphatic rings. The third-order valence-corrected chi connectivity index (χ3v) is 6.65. The summed E-state index contributed by atoms with van der Waals surface area (Å²) in [5, 5.41) is 0.0751. The van der Waals surface area contributed by atoms with Gasteiger partial charge in [-0.05, 0) is 18.1 Å². The highest BCUT2D eigenvalue weighted by Crippen LogP contribution is 2.36. The summed E-state index contributed by atoms with van der Waals surface area (Å²) in [5.74, 6) is -0.304. The predicted molar refractivity (Wildman–Crippen MR) is 53.5 cm³/mol. The highest BCUT2D eigenvalue weighted by atomic mass is 28.4. The Balaban J connectivity index is 4.43. The summed E-state index contributed by atoms with van der Waals surface area (Å²) in [5.41, 5.74) is 0. The Morgan fingerprint density at radius 1 is 1.42 bits per heavy atom. The quantitative estimate of drug-likeness (QED) is 0.489. The van der Waals surface area contributed by atoms with E-state index in [2.05, 4.69) is 27.4 Å². The van der Waals surface area contributed by atoms with Gasteiger partial charge in [-0.2, -0.15) is 0 Å². The van der Waals surface area contributed by atoms with Crippen LogP contribution in [0.3, 0.4) is 0 Å². The fourth-order valence-electron chi connectivity index (χ4n) is 0.446. The van der Waals surface area contributed by atoms with Gasteiger partial charge in [-0.15, -0.1) is 0 Å². The molecule has 0 saturated heterocycles. The van der Waals surface area contributed by atoms with Gasteiger partial charge in [0.2, 0.25) is 0 Å². The van der Waals surface area contributed by atoms with Gasteiger partial charge in [-0.25, -0.2) is 4.79 Å². The second-order valence-electron chi connectivity index (χ2n) is 4.39. The van der Waals surface area contributed by atoms with Crippen LogP contribution in [0.4, 0.5) is 0 Å². The van der Waals surface area contributed by atoms with Crippen LogP contribution in [-0.2, 0) is 9.22 Å². The van der Waals surface area contributed by atoms with Crippen LogP contribution >= 0.6 is 0 Å². The Bertz CT molecular complexity index is 189. The van der Waals surface area contributed by atoms with E-state index in [0.29, 0.717) is 0 Å². The molecule has 12 heavy (non-hydrogen) atoms. The number of carbonyl (C=O) groups is 1. The maximum absolute atomic E-state index is 11.0. The topological polar surface area (TPSA) is 26.3 Å². The van der Waals surface area contributed by atoms with Crippen molar-refractivity contribution in [3.63, 3.8) is 0 Å². The normalized spacial score (nSPS) is 12.4. The monoisotopic (exact) mass is 186 g/mol. The highest BCUT2D eigenvalue weighted by Gasteiger charge is 2.39. The zero-order chi connectivity index (χ0) is 9.99. The second kappa shape index (κ2) is 3.43. The molecule has 0 aliphatic carbocycles. The van der Waals surface area contributed by atoms with Crippen molar-refractivity contribution in [1.29, 1.82) is 0 Å². The van der Waals surface area contributed by atoms with E-state index in [-0.39, 0.29) is 11.0 Å². The zero-order valence-electron chi connectivity index (χ0n) is 8.60. The van der Waals surface area contributed by atoms with Gasteiger partial charge in [0.05, 0.1) is 0 Å². The minimum absolute atomic E-state index is 0.0751. The smallest absolute Gasteiger partial charge is 0.316 e. The fraction of sp³-hybridized carbons (Fsp3) is 0.667. The van der Waals surface area contributed by atoms with E-state index in [1.54, 1.807) is 0 Å². The molecule has 0 atom stereocenters. The van der Waals surface area contributed by atoms with Gasteiger partial charge in [0.25, 0.3) is 8.32 Å². The van der Waals surface area contributed by atoms with Crippen LogP contribution in [0.5, 0.6) is 0 Å². The van der Waals surface area contributed by atoms with Gasteiger partial charge in [0, 0.05) is 6.08 Å². The second-order valence-corrected chi connectivity index (χ2v) is 9.11. The van der Waals surface area contributed by atoms with Crippen LogP contribution in [0.1, 0.15) is 20.8 Å². The fourth-order valence-corrected chi connectivity index (χ4v) is 1.34. The van der Waals surface area contributed by atoms with Gasteiger partial charge in [0.1, 0.15) is 0 Å². The average Bonchev–Trinajstić information content (AvgIpc) is 1.84. The van der Waals surface area contributed by atoms with Crippen LogP contribution in [0.15, 0.2) is 12.7 Å². The Labute approximate surface area is 75.7 Å². The lowest BCUT2D eigenvalue weighted by molar-refractivity contribution is -0.130. The number of hydrogen-bond acceptors (Lipinski definition) is 2. The Hall–Kier alpha value is -0.573. The summed E-state index contributed by atoms with van der Waals surface area (Å²) >= 11 is 0. The summed E-state index contributed by atoms with van der Waals surface area (Å²) in [7, 11) is -1.91. The Kier molecular flexibility index (Phi) is 3.27. The van der Waals surface area contributed by atoms with Gasteiger partial charge >= 0.3 is 5.97 Å². The van der Waals surface area contributed by atoms with E-state index in [1.165, 1.54) is 6.08 Å². The van der Waals surface area contributed by atoms with Crippen LogP contribution in [0.2, 0.25) is 18.1 Å². The van der Waals surface area contributed by atoms with Crippen molar-refractivity contribution in [3.8, 4) is 0 Å². The molecule has 0 N–H and O–H groups in total. The summed E-state index contributed by atoms with van der Waals surface area (Å²) in [4.78, 5) is 11.0. The number of hydrogen-bond donors (Lipinski definition) is 0. The molecule has 3 heteroatoms. The molecule has 0 radical (unpaired) electrons. The molecule has 0 aromatic rings. The van der Waals surface area contributed by atoms with Crippen LogP contribution in [0.25, 0.3) is 0 Å². The molecule has 0 fully saturated rings. The molecule has 0 aromatic heterocycles. The molecule has 0 saturated carbocycles. The molecule has 0 spiro atoms. The maximum atomic E-state index is 11.0. The maximum Gasteiger partial charge on any atom is 0.316 e. The molecular formula is C9H18O2Si. The molecule has 0 rings (SSSR count). The molecule has 70 valence electrons. The van der Waals surface area contributed by atoms with Crippen LogP contribution < -0.4 is 0 Å². The van der Waals surface area contributed by atoms with Crippen LogP contribution in [-0.4, -0.2) is 14.3 Å². The van der Waals surface area contributed by atoms with E-state index in [0.717, 1.165) is 0 Å². The van der Waals surface area contributed by atoms with E-state index >= 15 is 0 Å². The molecular weight excluding hydrogens is 168 g/mol. The van der Waals surface area contributed by atoms with E-state index < -0.39 is 8.32 Å². The number of rotatable bonds is 2. The average molecular weight is 186 g/mol. The first-order chi connectivity index (χ1) is 5.20. The lowest BCUT2D eigenvalue weighted by Gasteiger charge is -2.34. The van der Waals surface area contributed by atoms with Gasteiger partial charge in [-0.3, -0.25) is 0 Å².